The van der Waals surface area contributed by atoms with Crippen LogP contribution in [0.5, 0.6) is 5.75 Å². The molecular formula is C27H24N2O4. The van der Waals surface area contributed by atoms with Crippen molar-refractivity contribution in [3.63, 3.8) is 0 Å². The lowest BCUT2D eigenvalue weighted by atomic mass is 10.1. The van der Waals surface area contributed by atoms with Crippen molar-refractivity contribution in [3.05, 3.63) is 102 Å². The van der Waals surface area contributed by atoms with Crippen LogP contribution >= 0.6 is 0 Å². The maximum absolute atomic E-state index is 13.3. The van der Waals surface area contributed by atoms with Gasteiger partial charge in [0.2, 0.25) is 0 Å². The molecule has 1 amide bonds. The van der Waals surface area contributed by atoms with Gasteiger partial charge in [-0.1, -0.05) is 42.5 Å². The maximum Gasteiger partial charge on any atom is 0.338 e. The smallest absolute Gasteiger partial charge is 0.338 e. The highest BCUT2D eigenvalue weighted by Gasteiger charge is 2.18. The molecule has 0 aliphatic rings. The van der Waals surface area contributed by atoms with Gasteiger partial charge >= 0.3 is 5.97 Å². The second-order valence-corrected chi connectivity index (χ2v) is 7.37. The minimum absolute atomic E-state index is 0.131. The Hall–Kier alpha value is -4.19. The van der Waals surface area contributed by atoms with Crippen LogP contribution in [0, 0.1) is 0 Å². The van der Waals surface area contributed by atoms with E-state index in [9.17, 15) is 9.59 Å². The normalized spacial score (nSPS) is 10.6. The Morgan fingerprint density at radius 3 is 2.45 bits per heavy atom. The average Bonchev–Trinajstić information content (AvgIpc) is 2.86. The number of pyridine rings is 1. The number of benzene rings is 3. The molecule has 0 bridgehead atoms. The molecule has 0 spiro atoms. The topological polar surface area (TPSA) is 68.7 Å². The SMILES string of the molecule is CCOC(=O)c1ccc(N(Cc2cccnc2)C(=O)COc2cccc3ccccc23)cc1. The third-order valence-electron chi connectivity index (χ3n) is 5.16. The van der Waals surface area contributed by atoms with Crippen LogP contribution in [0.3, 0.4) is 0 Å². The molecule has 0 saturated heterocycles. The Kier molecular flexibility index (Phi) is 6.95. The quantitative estimate of drug-likeness (QED) is 0.360. The van der Waals surface area contributed by atoms with E-state index in [1.54, 1.807) is 48.5 Å². The molecule has 1 aromatic heterocycles. The molecule has 0 radical (unpaired) electrons. The first-order valence-corrected chi connectivity index (χ1v) is 10.7. The highest BCUT2D eigenvalue weighted by atomic mass is 16.5. The Bertz CT molecular complexity index is 1230. The largest absolute Gasteiger partial charge is 0.483 e. The van der Waals surface area contributed by atoms with Gasteiger partial charge in [-0.3, -0.25) is 9.78 Å². The number of ether oxygens (including phenoxy) is 2. The van der Waals surface area contributed by atoms with Crippen molar-refractivity contribution >= 4 is 28.3 Å². The van der Waals surface area contributed by atoms with Gasteiger partial charge in [0.15, 0.2) is 6.61 Å². The summed E-state index contributed by atoms with van der Waals surface area (Å²) in [5.41, 5.74) is 1.96. The summed E-state index contributed by atoms with van der Waals surface area (Å²) < 4.78 is 11.0. The summed E-state index contributed by atoms with van der Waals surface area (Å²) >= 11 is 0. The molecule has 3 aromatic carbocycles. The number of carbonyl (C=O) groups excluding carboxylic acids is 2. The van der Waals surface area contributed by atoms with Crippen LogP contribution in [0.1, 0.15) is 22.8 Å². The summed E-state index contributed by atoms with van der Waals surface area (Å²) in [7, 11) is 0. The third-order valence-corrected chi connectivity index (χ3v) is 5.16. The molecule has 0 aliphatic carbocycles. The zero-order valence-corrected chi connectivity index (χ0v) is 18.3. The van der Waals surface area contributed by atoms with E-state index in [0.29, 0.717) is 30.2 Å². The Morgan fingerprint density at radius 2 is 1.70 bits per heavy atom. The van der Waals surface area contributed by atoms with Gasteiger partial charge in [0.1, 0.15) is 5.75 Å². The van der Waals surface area contributed by atoms with E-state index in [4.69, 9.17) is 9.47 Å². The van der Waals surface area contributed by atoms with E-state index in [2.05, 4.69) is 4.98 Å². The molecule has 0 fully saturated rings. The molecule has 33 heavy (non-hydrogen) atoms. The van der Waals surface area contributed by atoms with Crippen molar-refractivity contribution in [2.45, 2.75) is 13.5 Å². The summed E-state index contributed by atoms with van der Waals surface area (Å²) in [4.78, 5) is 31.0. The number of esters is 1. The number of rotatable bonds is 8. The maximum atomic E-state index is 13.3. The second-order valence-electron chi connectivity index (χ2n) is 7.37. The second kappa shape index (κ2) is 10.4. The van der Waals surface area contributed by atoms with E-state index >= 15 is 0 Å². The molecule has 4 aromatic rings. The number of amides is 1. The lowest BCUT2D eigenvalue weighted by Crippen LogP contribution is -2.34. The molecule has 0 aliphatic heterocycles. The van der Waals surface area contributed by atoms with Gasteiger partial charge in [-0.2, -0.15) is 0 Å². The molecule has 0 N–H and O–H groups in total. The van der Waals surface area contributed by atoms with Crippen molar-refractivity contribution in [1.82, 2.24) is 4.98 Å². The number of hydrogen-bond acceptors (Lipinski definition) is 5. The number of anilines is 1. The fraction of sp³-hybridized carbons (Fsp3) is 0.148. The van der Waals surface area contributed by atoms with Crippen LogP contribution < -0.4 is 9.64 Å². The van der Waals surface area contributed by atoms with Crippen molar-refractivity contribution in [2.24, 2.45) is 0 Å². The molecule has 0 unspecified atom stereocenters. The van der Waals surface area contributed by atoms with Gasteiger partial charge in [0.05, 0.1) is 18.7 Å². The summed E-state index contributed by atoms with van der Waals surface area (Å²) in [6.07, 6.45) is 3.41. The predicted molar refractivity (Wildman–Crippen MR) is 127 cm³/mol. The number of hydrogen-bond donors (Lipinski definition) is 0. The lowest BCUT2D eigenvalue weighted by molar-refractivity contribution is -0.120. The standard InChI is InChI=1S/C27H24N2O4/c1-2-32-27(31)22-12-14-23(15-13-22)29(18-20-7-6-16-28-17-20)26(30)19-33-25-11-5-9-21-8-3-4-10-24(21)25/h3-17H,2,18-19H2,1H3. The van der Waals surface area contributed by atoms with Crippen molar-refractivity contribution in [1.29, 1.82) is 0 Å². The summed E-state index contributed by atoms with van der Waals surface area (Å²) in [6, 6.07) is 24.2. The highest BCUT2D eigenvalue weighted by Crippen LogP contribution is 2.26. The first-order chi connectivity index (χ1) is 16.2. The fourth-order valence-electron chi connectivity index (χ4n) is 3.53. The van der Waals surface area contributed by atoms with Gasteiger partial charge in [-0.25, -0.2) is 4.79 Å². The number of fused-ring (bicyclic) bond motifs is 1. The van der Waals surface area contributed by atoms with E-state index in [0.717, 1.165) is 16.3 Å². The predicted octanol–water partition coefficient (Wildman–Crippen LogP) is 5.02. The minimum Gasteiger partial charge on any atom is -0.483 e. The van der Waals surface area contributed by atoms with E-state index < -0.39 is 5.97 Å². The molecule has 1 heterocycles. The number of aromatic nitrogens is 1. The fourth-order valence-corrected chi connectivity index (χ4v) is 3.53. The Morgan fingerprint density at radius 1 is 0.909 bits per heavy atom. The summed E-state index contributed by atoms with van der Waals surface area (Å²) in [5, 5.41) is 2.00. The number of nitrogens with zero attached hydrogens (tertiary/aromatic N) is 2. The molecule has 166 valence electrons. The third kappa shape index (κ3) is 5.36. The lowest BCUT2D eigenvalue weighted by Gasteiger charge is -2.23. The molecular weight excluding hydrogens is 416 g/mol. The summed E-state index contributed by atoms with van der Waals surface area (Å²) in [5.74, 6) is 0.0459. The molecule has 0 saturated carbocycles. The van der Waals surface area contributed by atoms with Crippen LogP contribution in [0.15, 0.2) is 91.3 Å². The zero-order chi connectivity index (χ0) is 23.0. The average molecular weight is 440 g/mol. The molecule has 6 heteroatoms. The highest BCUT2D eigenvalue weighted by molar-refractivity contribution is 5.96. The van der Waals surface area contributed by atoms with E-state index in [-0.39, 0.29) is 12.5 Å². The van der Waals surface area contributed by atoms with Gasteiger partial charge < -0.3 is 14.4 Å². The van der Waals surface area contributed by atoms with Crippen LogP contribution in [0.25, 0.3) is 10.8 Å². The Labute approximate surface area is 192 Å². The zero-order valence-electron chi connectivity index (χ0n) is 18.3. The Balaban J connectivity index is 1.56. The monoisotopic (exact) mass is 440 g/mol. The molecule has 6 nitrogen and oxygen atoms in total. The van der Waals surface area contributed by atoms with E-state index in [1.165, 1.54) is 0 Å². The van der Waals surface area contributed by atoms with Gasteiger partial charge in [-0.05, 0) is 54.3 Å². The van der Waals surface area contributed by atoms with Crippen LogP contribution in [0.4, 0.5) is 5.69 Å². The molecule has 4 rings (SSSR count). The van der Waals surface area contributed by atoms with Crippen molar-refractivity contribution < 1.29 is 19.1 Å². The van der Waals surface area contributed by atoms with Gasteiger partial charge in [-0.15, -0.1) is 0 Å². The number of carbonyl (C=O) groups is 2. The van der Waals surface area contributed by atoms with Crippen LogP contribution in [0.2, 0.25) is 0 Å². The van der Waals surface area contributed by atoms with Gasteiger partial charge in [0, 0.05) is 23.5 Å². The first kappa shape index (κ1) is 22.0. The minimum atomic E-state index is -0.395. The molecule has 0 atom stereocenters. The summed E-state index contributed by atoms with van der Waals surface area (Å²) in [6.45, 7) is 2.26. The van der Waals surface area contributed by atoms with Crippen LogP contribution in [-0.4, -0.2) is 30.1 Å². The van der Waals surface area contributed by atoms with Crippen LogP contribution in [-0.2, 0) is 16.1 Å². The van der Waals surface area contributed by atoms with Crippen molar-refractivity contribution in [3.8, 4) is 5.75 Å². The first-order valence-electron chi connectivity index (χ1n) is 10.7. The van der Waals surface area contributed by atoms with Gasteiger partial charge in [0.25, 0.3) is 5.91 Å². The van der Waals surface area contributed by atoms with E-state index in [1.807, 2.05) is 54.6 Å². The van der Waals surface area contributed by atoms with Crippen molar-refractivity contribution in [2.75, 3.05) is 18.1 Å².